The molecule has 0 aliphatic heterocycles. The number of carbonyl (C=O) groups is 1. The predicted octanol–water partition coefficient (Wildman–Crippen LogP) is 3.45. The molecule has 0 aromatic heterocycles. The van der Waals surface area contributed by atoms with E-state index in [0.717, 1.165) is 49.6 Å². The van der Waals surface area contributed by atoms with Crippen molar-refractivity contribution in [2.75, 3.05) is 40.8 Å². The second-order valence-electron chi connectivity index (χ2n) is 7.56. The van der Waals surface area contributed by atoms with Crippen molar-refractivity contribution >= 4 is 35.8 Å². The molecule has 1 aliphatic carbocycles. The van der Waals surface area contributed by atoms with Crippen LogP contribution in [-0.4, -0.2) is 63.7 Å². The number of aliphatic imine (C=N–C) groups is 1. The van der Waals surface area contributed by atoms with E-state index in [-0.39, 0.29) is 29.9 Å². The fraction of sp³-hybridized carbons (Fsp3) is 0.636. The van der Waals surface area contributed by atoms with Crippen LogP contribution in [0.5, 0.6) is 0 Å². The summed E-state index contributed by atoms with van der Waals surface area (Å²) in [5.74, 6) is 0.834. The average molecular weight is 516 g/mol. The summed E-state index contributed by atoms with van der Waals surface area (Å²) in [6, 6.07) is 7.80. The van der Waals surface area contributed by atoms with Crippen LogP contribution in [0.25, 0.3) is 0 Å². The van der Waals surface area contributed by atoms with Crippen LogP contribution in [0.2, 0.25) is 0 Å². The largest absolute Gasteiger partial charge is 0.378 e. The van der Waals surface area contributed by atoms with E-state index in [2.05, 4.69) is 15.6 Å². The molecule has 0 bridgehead atoms. The van der Waals surface area contributed by atoms with Crippen molar-refractivity contribution in [1.82, 2.24) is 15.5 Å². The topological polar surface area (TPSA) is 66.0 Å². The van der Waals surface area contributed by atoms with Gasteiger partial charge in [0.15, 0.2) is 5.96 Å². The van der Waals surface area contributed by atoms with Crippen LogP contribution in [-0.2, 0) is 11.2 Å². The molecule has 164 valence electrons. The van der Waals surface area contributed by atoms with E-state index in [1.165, 1.54) is 32.1 Å². The number of benzene rings is 1. The minimum atomic E-state index is 0. The first-order valence-electron chi connectivity index (χ1n) is 10.5. The molecule has 0 saturated heterocycles. The third kappa shape index (κ3) is 9.80. The van der Waals surface area contributed by atoms with Crippen LogP contribution < -0.4 is 10.6 Å². The molecule has 0 radical (unpaired) electrons. The van der Waals surface area contributed by atoms with Crippen LogP contribution >= 0.6 is 24.0 Å². The fourth-order valence-electron chi connectivity index (χ4n) is 3.42. The maximum atomic E-state index is 12.1. The second-order valence-corrected chi connectivity index (χ2v) is 7.56. The molecule has 1 fully saturated rings. The van der Waals surface area contributed by atoms with Gasteiger partial charge < -0.3 is 20.3 Å². The van der Waals surface area contributed by atoms with Crippen LogP contribution in [0, 0.1) is 0 Å². The molecule has 7 heteroatoms. The average Bonchev–Trinajstić information content (AvgIpc) is 2.72. The van der Waals surface area contributed by atoms with Gasteiger partial charge in [0.05, 0.1) is 6.10 Å². The summed E-state index contributed by atoms with van der Waals surface area (Å²) >= 11 is 0. The summed E-state index contributed by atoms with van der Waals surface area (Å²) in [7, 11) is 5.32. The molecule has 29 heavy (non-hydrogen) atoms. The minimum Gasteiger partial charge on any atom is -0.378 e. The van der Waals surface area contributed by atoms with Gasteiger partial charge in [-0.3, -0.25) is 9.79 Å². The summed E-state index contributed by atoms with van der Waals surface area (Å²) in [4.78, 5) is 17.9. The Morgan fingerprint density at radius 3 is 2.59 bits per heavy atom. The van der Waals surface area contributed by atoms with Crippen molar-refractivity contribution in [3.8, 4) is 0 Å². The van der Waals surface area contributed by atoms with E-state index in [1.54, 1.807) is 26.0 Å². The van der Waals surface area contributed by atoms with Crippen LogP contribution in [0.3, 0.4) is 0 Å². The number of hydrogen-bond acceptors (Lipinski definition) is 3. The molecule has 1 aromatic rings. The van der Waals surface area contributed by atoms with Gasteiger partial charge in [-0.05, 0) is 43.4 Å². The van der Waals surface area contributed by atoms with Gasteiger partial charge in [-0.1, -0.05) is 31.4 Å². The van der Waals surface area contributed by atoms with Gasteiger partial charge in [0, 0.05) is 46.4 Å². The molecule has 0 spiro atoms. The van der Waals surface area contributed by atoms with Gasteiger partial charge in [-0.2, -0.15) is 0 Å². The summed E-state index contributed by atoms with van der Waals surface area (Å²) in [6.45, 7) is 2.42. The first-order chi connectivity index (χ1) is 13.6. The molecular formula is C22H37IN4O2. The lowest BCUT2D eigenvalue weighted by Crippen LogP contribution is -2.39. The number of guanidine groups is 1. The summed E-state index contributed by atoms with van der Waals surface area (Å²) < 4.78 is 5.95. The molecule has 0 unspecified atom stereocenters. The quantitative estimate of drug-likeness (QED) is 0.229. The Kier molecular flexibility index (Phi) is 12.9. The number of rotatable bonds is 9. The molecule has 0 atom stereocenters. The Morgan fingerprint density at radius 1 is 1.17 bits per heavy atom. The van der Waals surface area contributed by atoms with Crippen LogP contribution in [0.1, 0.15) is 54.4 Å². The van der Waals surface area contributed by atoms with E-state index >= 15 is 0 Å². The number of ether oxygens (including phenoxy) is 1. The number of halogens is 1. The maximum absolute atomic E-state index is 12.1. The van der Waals surface area contributed by atoms with Gasteiger partial charge in [-0.25, -0.2) is 0 Å². The second kappa shape index (κ2) is 14.6. The smallest absolute Gasteiger partial charge is 0.253 e. The molecule has 1 amide bonds. The van der Waals surface area contributed by atoms with Crippen LogP contribution in [0.4, 0.5) is 0 Å². The minimum absolute atomic E-state index is 0. The van der Waals surface area contributed by atoms with Gasteiger partial charge in [0.25, 0.3) is 5.91 Å². The zero-order valence-corrected chi connectivity index (χ0v) is 20.4. The standard InChI is InChI=1S/C22H36N4O2.HI/c1-23-22(24-14-8-16-28-20-11-5-4-6-12-20)25-15-13-18-9-7-10-19(17-18)21(27)26(2)3;/h7,9-10,17,20H,4-6,8,11-16H2,1-3H3,(H2,23,24,25);1H. The Hall–Kier alpha value is -1.35. The number of nitrogens with one attached hydrogen (secondary N) is 2. The summed E-state index contributed by atoms with van der Waals surface area (Å²) in [6.07, 6.45) is 8.71. The zero-order valence-electron chi connectivity index (χ0n) is 18.1. The van der Waals surface area contributed by atoms with Crippen molar-refractivity contribution in [2.24, 2.45) is 4.99 Å². The lowest BCUT2D eigenvalue weighted by Gasteiger charge is -2.22. The first kappa shape index (κ1) is 25.7. The third-order valence-corrected chi connectivity index (χ3v) is 5.03. The van der Waals surface area contributed by atoms with E-state index < -0.39 is 0 Å². The Morgan fingerprint density at radius 2 is 1.90 bits per heavy atom. The highest BCUT2D eigenvalue weighted by Gasteiger charge is 2.13. The van der Waals surface area contributed by atoms with E-state index in [4.69, 9.17) is 4.74 Å². The van der Waals surface area contributed by atoms with Gasteiger partial charge in [0.2, 0.25) is 0 Å². The molecule has 2 rings (SSSR count). The number of hydrogen-bond donors (Lipinski definition) is 2. The SMILES string of the molecule is CN=C(NCCCOC1CCCCC1)NCCc1cccc(C(=O)N(C)C)c1.I. The van der Waals surface area contributed by atoms with Crippen molar-refractivity contribution in [3.63, 3.8) is 0 Å². The van der Waals surface area contributed by atoms with Crippen molar-refractivity contribution in [2.45, 2.75) is 51.0 Å². The normalized spacial score (nSPS) is 14.8. The number of nitrogens with zero attached hydrogens (tertiary/aromatic N) is 2. The highest BCUT2D eigenvalue weighted by atomic mass is 127. The van der Waals surface area contributed by atoms with Crippen molar-refractivity contribution in [3.05, 3.63) is 35.4 Å². The van der Waals surface area contributed by atoms with Gasteiger partial charge >= 0.3 is 0 Å². The molecule has 1 saturated carbocycles. The molecule has 1 aromatic carbocycles. The molecule has 6 nitrogen and oxygen atoms in total. The number of amides is 1. The van der Waals surface area contributed by atoms with Crippen molar-refractivity contribution < 1.29 is 9.53 Å². The highest BCUT2D eigenvalue weighted by Crippen LogP contribution is 2.20. The summed E-state index contributed by atoms with van der Waals surface area (Å²) in [5.41, 5.74) is 1.86. The van der Waals surface area contributed by atoms with E-state index in [0.29, 0.717) is 6.10 Å². The fourth-order valence-corrected chi connectivity index (χ4v) is 3.42. The Balaban J connectivity index is 0.00000420. The maximum Gasteiger partial charge on any atom is 0.253 e. The Labute approximate surface area is 192 Å². The van der Waals surface area contributed by atoms with Gasteiger partial charge in [-0.15, -0.1) is 24.0 Å². The van der Waals surface area contributed by atoms with Crippen LogP contribution in [0.15, 0.2) is 29.3 Å². The predicted molar refractivity (Wildman–Crippen MR) is 130 cm³/mol. The highest BCUT2D eigenvalue weighted by molar-refractivity contribution is 14.0. The monoisotopic (exact) mass is 516 g/mol. The molecule has 2 N–H and O–H groups in total. The molecular weight excluding hydrogens is 479 g/mol. The Bertz CT molecular complexity index is 631. The molecule has 1 aliphatic rings. The summed E-state index contributed by atoms with van der Waals surface area (Å²) in [5, 5.41) is 6.67. The number of carbonyl (C=O) groups excluding carboxylic acids is 1. The van der Waals surface area contributed by atoms with E-state index in [1.807, 2.05) is 24.3 Å². The third-order valence-electron chi connectivity index (χ3n) is 5.03. The van der Waals surface area contributed by atoms with Crippen molar-refractivity contribution in [1.29, 1.82) is 0 Å². The lowest BCUT2D eigenvalue weighted by molar-refractivity contribution is 0.0277. The zero-order chi connectivity index (χ0) is 20.2. The van der Waals surface area contributed by atoms with E-state index in [9.17, 15) is 4.79 Å². The first-order valence-corrected chi connectivity index (χ1v) is 10.5. The lowest BCUT2D eigenvalue weighted by atomic mass is 9.98. The molecule has 0 heterocycles. The van der Waals surface area contributed by atoms with Gasteiger partial charge in [0.1, 0.15) is 0 Å².